The fourth-order valence-electron chi connectivity index (χ4n) is 12.0. The first-order valence-corrected chi connectivity index (χ1v) is 37.0. The van der Waals surface area contributed by atoms with Crippen LogP contribution in [-0.4, -0.2) is 321 Å². The van der Waals surface area contributed by atoms with Crippen LogP contribution < -0.4 is 53.2 Å². The van der Waals surface area contributed by atoms with Gasteiger partial charge in [-0.05, 0) is 70.6 Å². The van der Waals surface area contributed by atoms with E-state index in [0.717, 1.165) is 19.3 Å². The summed E-state index contributed by atoms with van der Waals surface area (Å²) in [6.07, 6.45) is -7.66. The molecule has 106 heavy (non-hydrogen) atoms. The van der Waals surface area contributed by atoms with Crippen molar-refractivity contribution in [1.29, 1.82) is 0 Å². The first kappa shape index (κ1) is 92.4. The summed E-state index contributed by atoms with van der Waals surface area (Å²) in [6, 6.07) is -3.26. The minimum Gasteiger partial charge on any atom is -0.394 e. The first-order valence-electron chi connectivity index (χ1n) is 37.0. The van der Waals surface area contributed by atoms with Gasteiger partial charge < -0.3 is 142 Å². The highest BCUT2D eigenvalue weighted by Gasteiger charge is 2.48. The van der Waals surface area contributed by atoms with E-state index in [2.05, 4.69) is 53.2 Å². The number of hydrogen-bond acceptors (Lipinski definition) is 28. The molecule has 3 aliphatic heterocycles. The molecule has 38 heteroatoms. The van der Waals surface area contributed by atoms with Gasteiger partial charge in [-0.1, -0.05) is 19.3 Å². The van der Waals surface area contributed by atoms with Crippen LogP contribution in [0.15, 0.2) is 0 Å². The van der Waals surface area contributed by atoms with E-state index < -0.39 is 135 Å². The summed E-state index contributed by atoms with van der Waals surface area (Å²) in [4.78, 5) is 126. The minimum absolute atomic E-state index is 0.0822. The molecule has 15 unspecified atom stereocenters. The van der Waals surface area contributed by atoms with Crippen LogP contribution in [0.3, 0.4) is 0 Å². The molecule has 0 aromatic carbocycles. The highest BCUT2D eigenvalue weighted by molar-refractivity contribution is 5.80. The summed E-state index contributed by atoms with van der Waals surface area (Å²) >= 11 is 0. The lowest BCUT2D eigenvalue weighted by Gasteiger charge is -2.42. The van der Waals surface area contributed by atoms with E-state index >= 15 is 0 Å². The van der Waals surface area contributed by atoms with Gasteiger partial charge in [0.25, 0.3) is 0 Å². The predicted octanol–water partition coefficient (Wildman–Crippen LogP) is -6.10. The molecule has 4 fully saturated rings. The number of aliphatic hydroxyl groups excluding tert-OH is 9. The maximum absolute atomic E-state index is 14.0. The molecule has 1 saturated carbocycles. The Balaban J connectivity index is 1.22. The predicted molar refractivity (Wildman–Crippen MR) is 371 cm³/mol. The van der Waals surface area contributed by atoms with E-state index in [1.807, 2.05) is 0 Å². The van der Waals surface area contributed by atoms with Gasteiger partial charge >= 0.3 is 0 Å². The molecule has 3 saturated heterocycles. The normalized spacial score (nSPS) is 25.9. The monoisotopic (exact) mass is 1520 g/mol. The van der Waals surface area contributed by atoms with Crippen LogP contribution in [0, 0.1) is 5.92 Å². The van der Waals surface area contributed by atoms with Crippen molar-refractivity contribution in [2.75, 3.05) is 119 Å². The van der Waals surface area contributed by atoms with E-state index in [4.69, 9.17) is 42.6 Å². The van der Waals surface area contributed by atoms with Crippen molar-refractivity contribution in [3.05, 3.63) is 0 Å². The summed E-state index contributed by atoms with van der Waals surface area (Å²) in [5.74, 6) is -3.81. The van der Waals surface area contributed by atoms with Crippen molar-refractivity contribution < 1.29 is 137 Å². The van der Waals surface area contributed by atoms with Crippen LogP contribution in [0.1, 0.15) is 149 Å². The van der Waals surface area contributed by atoms with Crippen LogP contribution >= 0.6 is 0 Å². The van der Waals surface area contributed by atoms with Gasteiger partial charge in [-0.15, -0.1) is 0 Å². The van der Waals surface area contributed by atoms with Crippen LogP contribution in [-0.2, 0) is 90.6 Å². The Morgan fingerprint density at radius 3 is 0.896 bits per heavy atom. The van der Waals surface area contributed by atoms with Gasteiger partial charge in [-0.2, -0.15) is 0 Å². The summed E-state index contributed by atoms with van der Waals surface area (Å²) < 4.78 is 52.1. The quantitative estimate of drug-likeness (QED) is 0.0252. The van der Waals surface area contributed by atoms with E-state index in [1.165, 1.54) is 20.8 Å². The number of carbonyl (C=O) groups excluding carboxylic acids is 10. The standard InChI is InChI=1S/C68H120N10O28/c1-42(82)75-55-61(94)58(91)46(36-79)104-65(55)101-30-10-7-18-49(85)69-24-13-27-72-52(88)21-33-98-39-68(78-64(97)45-16-5-4-6-17-45,40-99-34-22-53(89)73-28-14-25-70-50(86)19-8-11-31-102-66-56(76-43(2)83)62(95)59(92)47(37-80)105-66)41-100-35-23-54(90)74-29-15-26-71-51(87)20-9-12-32-103-67-57(77-44(3)84)63(96)60(93)48(38-81)106-67/h45-48,55-63,65-67,79-81,91-96H,4-41H2,1-3H3,(H,69,85)(H,70,86)(H,71,87)(H,72,88)(H,73,89)(H,74,90)(H,75,82)(H,76,83)(H,77,84)(H,78,97). The van der Waals surface area contributed by atoms with Crippen LogP contribution in [0.5, 0.6) is 0 Å². The van der Waals surface area contributed by atoms with Crippen molar-refractivity contribution in [2.45, 2.75) is 247 Å². The molecule has 0 aromatic rings. The summed E-state index contributed by atoms with van der Waals surface area (Å²) in [5, 5.41) is 118. The van der Waals surface area contributed by atoms with Crippen molar-refractivity contribution in [3.63, 3.8) is 0 Å². The van der Waals surface area contributed by atoms with Crippen molar-refractivity contribution in [2.24, 2.45) is 5.92 Å². The Morgan fingerprint density at radius 2 is 0.632 bits per heavy atom. The molecule has 0 bridgehead atoms. The lowest BCUT2D eigenvalue weighted by Crippen LogP contribution is -2.64. The maximum atomic E-state index is 14.0. The Hall–Kier alpha value is -6.02. The lowest BCUT2D eigenvalue weighted by atomic mass is 9.87. The molecule has 0 radical (unpaired) electrons. The van der Waals surface area contributed by atoms with Crippen molar-refractivity contribution in [1.82, 2.24) is 53.2 Å². The van der Waals surface area contributed by atoms with Crippen LogP contribution in [0.4, 0.5) is 0 Å². The number of unbranched alkanes of at least 4 members (excludes halogenated alkanes) is 3. The summed E-state index contributed by atoms with van der Waals surface area (Å²) in [6.45, 7) is 2.78. The van der Waals surface area contributed by atoms with Gasteiger partial charge in [0.05, 0.1) is 59.5 Å². The van der Waals surface area contributed by atoms with Gasteiger partial charge in [-0.3, -0.25) is 47.9 Å². The zero-order chi connectivity index (χ0) is 77.8. The van der Waals surface area contributed by atoms with E-state index in [9.17, 15) is 93.9 Å². The van der Waals surface area contributed by atoms with Crippen molar-refractivity contribution >= 4 is 59.1 Å². The fraction of sp³-hybridized carbons (Fsp3) is 0.853. The second-order valence-electron chi connectivity index (χ2n) is 27.0. The van der Waals surface area contributed by atoms with Crippen LogP contribution in [0.25, 0.3) is 0 Å². The average Bonchev–Trinajstić information content (AvgIpc) is 0.825. The number of rotatable bonds is 53. The van der Waals surface area contributed by atoms with Gasteiger partial charge in [-0.25, -0.2) is 0 Å². The molecule has 19 N–H and O–H groups in total. The van der Waals surface area contributed by atoms with E-state index in [1.54, 1.807) is 0 Å². The zero-order valence-electron chi connectivity index (χ0n) is 61.4. The fourth-order valence-corrected chi connectivity index (χ4v) is 12.0. The van der Waals surface area contributed by atoms with Gasteiger partial charge in [0, 0.05) is 124 Å². The Labute approximate surface area is 617 Å². The third-order valence-electron chi connectivity index (χ3n) is 17.9. The third kappa shape index (κ3) is 35.6. The number of hydrogen-bond donors (Lipinski definition) is 19. The van der Waals surface area contributed by atoms with E-state index in [-0.39, 0.29) is 185 Å². The third-order valence-corrected chi connectivity index (χ3v) is 17.9. The number of ether oxygens (including phenoxy) is 9. The maximum Gasteiger partial charge on any atom is 0.223 e. The first-order chi connectivity index (χ1) is 50.8. The number of amides is 10. The zero-order valence-corrected chi connectivity index (χ0v) is 61.4. The summed E-state index contributed by atoms with van der Waals surface area (Å²) in [7, 11) is 0. The highest BCUT2D eigenvalue weighted by Crippen LogP contribution is 2.28. The Bertz CT molecular complexity index is 2380. The van der Waals surface area contributed by atoms with Gasteiger partial charge in [0.15, 0.2) is 18.9 Å². The average molecular weight is 1530 g/mol. The number of aliphatic hydroxyl groups is 9. The van der Waals surface area contributed by atoms with Gasteiger partial charge in [0.1, 0.15) is 78.6 Å². The smallest absolute Gasteiger partial charge is 0.223 e. The molecule has 10 amide bonds. The lowest BCUT2D eigenvalue weighted by molar-refractivity contribution is -0.270. The molecule has 15 atom stereocenters. The molecule has 4 rings (SSSR count). The Kier molecular flexibility index (Phi) is 45.4. The van der Waals surface area contributed by atoms with Crippen LogP contribution in [0.2, 0.25) is 0 Å². The second-order valence-corrected chi connectivity index (χ2v) is 27.0. The van der Waals surface area contributed by atoms with Gasteiger partial charge in [0.2, 0.25) is 59.1 Å². The largest absolute Gasteiger partial charge is 0.394 e. The minimum atomic E-state index is -1.45. The molecule has 0 spiro atoms. The molecular formula is C68H120N10O28. The molecule has 4 aliphatic rings. The highest BCUT2D eigenvalue weighted by atomic mass is 16.7. The number of carbonyl (C=O) groups is 10. The molecule has 610 valence electrons. The van der Waals surface area contributed by atoms with E-state index in [0.29, 0.717) is 70.6 Å². The molecule has 38 nitrogen and oxygen atoms in total. The SMILES string of the molecule is CC(=O)NC1C(OCCCCC(=O)NCCCNC(=O)CCOCC(COCCC(=O)NCCCNC(=O)CCCCOC2OC(CO)C(O)C(O)C2NC(C)=O)(COCCC(=O)NCCCNC(=O)CCCCOC2OC(CO)C(O)C(O)C2NC(C)=O)NC(=O)C2CCCCC2)OC(CO)C(O)C1O. The van der Waals surface area contributed by atoms with Crippen molar-refractivity contribution in [3.8, 4) is 0 Å². The topological polar surface area (TPSA) is 556 Å². The molecule has 0 aromatic heterocycles. The second kappa shape index (κ2) is 52.2. The molecule has 1 aliphatic carbocycles. The molecule has 3 heterocycles. The number of nitrogens with one attached hydrogen (secondary N) is 10. The molecular weight excluding hydrogens is 1400 g/mol. The summed E-state index contributed by atoms with van der Waals surface area (Å²) in [5.41, 5.74) is -1.37. The Morgan fingerprint density at radius 1 is 0.358 bits per heavy atom.